The number of hydrogen-bond donors (Lipinski definition) is 1. The standard InChI is InChI=1S/C13H19F3N4S/c1-4-19(8-13(14,15)16)11-10(7-17-9(2)3)20-5-6-21-12(20)18-11/h5-6,9,17H,4,7-8H2,1-3H3. The van der Waals surface area contributed by atoms with E-state index < -0.39 is 12.7 Å². The molecular formula is C13H19F3N4S. The van der Waals surface area contributed by atoms with E-state index in [-0.39, 0.29) is 12.6 Å². The van der Waals surface area contributed by atoms with Crippen LogP contribution in [-0.4, -0.2) is 34.7 Å². The van der Waals surface area contributed by atoms with Gasteiger partial charge in [0.2, 0.25) is 0 Å². The monoisotopic (exact) mass is 320 g/mol. The van der Waals surface area contributed by atoms with Crippen LogP contribution in [0, 0.1) is 0 Å². The van der Waals surface area contributed by atoms with Crippen molar-refractivity contribution in [1.29, 1.82) is 0 Å². The Balaban J connectivity index is 2.36. The van der Waals surface area contributed by atoms with E-state index in [4.69, 9.17) is 0 Å². The molecule has 2 aromatic heterocycles. The van der Waals surface area contributed by atoms with Gasteiger partial charge in [-0.2, -0.15) is 13.2 Å². The van der Waals surface area contributed by atoms with Crippen LogP contribution in [0.15, 0.2) is 11.6 Å². The molecule has 0 atom stereocenters. The lowest BCUT2D eigenvalue weighted by atomic mass is 10.3. The van der Waals surface area contributed by atoms with Crippen molar-refractivity contribution in [1.82, 2.24) is 14.7 Å². The van der Waals surface area contributed by atoms with Gasteiger partial charge in [-0.15, -0.1) is 11.3 Å². The van der Waals surface area contributed by atoms with Crippen molar-refractivity contribution in [2.75, 3.05) is 18.0 Å². The number of halogens is 3. The second kappa shape index (κ2) is 6.23. The van der Waals surface area contributed by atoms with Crippen LogP contribution in [0.5, 0.6) is 0 Å². The number of rotatable bonds is 6. The highest BCUT2D eigenvalue weighted by Gasteiger charge is 2.32. The Morgan fingerprint density at radius 2 is 2.14 bits per heavy atom. The number of nitrogens with one attached hydrogen (secondary N) is 1. The summed E-state index contributed by atoms with van der Waals surface area (Å²) in [6.07, 6.45) is -2.40. The zero-order valence-corrected chi connectivity index (χ0v) is 13.1. The van der Waals surface area contributed by atoms with Gasteiger partial charge in [0.1, 0.15) is 6.54 Å². The van der Waals surface area contributed by atoms with E-state index in [1.807, 2.05) is 29.8 Å². The Morgan fingerprint density at radius 3 is 2.71 bits per heavy atom. The number of imidazole rings is 1. The Kier molecular flexibility index (Phi) is 4.77. The lowest BCUT2D eigenvalue weighted by molar-refractivity contribution is -0.119. The molecule has 8 heteroatoms. The summed E-state index contributed by atoms with van der Waals surface area (Å²) in [6.45, 7) is 5.47. The van der Waals surface area contributed by atoms with Crippen LogP contribution in [-0.2, 0) is 6.54 Å². The highest BCUT2D eigenvalue weighted by Crippen LogP contribution is 2.27. The molecule has 0 radical (unpaired) electrons. The quantitative estimate of drug-likeness (QED) is 0.886. The molecule has 0 aromatic carbocycles. The first-order valence-electron chi connectivity index (χ1n) is 6.81. The van der Waals surface area contributed by atoms with Gasteiger partial charge < -0.3 is 10.2 Å². The Hall–Kier alpha value is -1.28. The maximum absolute atomic E-state index is 12.7. The Bertz CT molecular complexity index is 588. The first kappa shape index (κ1) is 16.1. The van der Waals surface area contributed by atoms with Gasteiger partial charge in [0.15, 0.2) is 10.8 Å². The summed E-state index contributed by atoms with van der Waals surface area (Å²) in [5.41, 5.74) is 0.769. The van der Waals surface area contributed by atoms with Crippen molar-refractivity contribution in [2.24, 2.45) is 0 Å². The molecule has 0 aliphatic carbocycles. The minimum Gasteiger partial charge on any atom is -0.346 e. The molecule has 1 N–H and O–H groups in total. The number of hydrogen-bond acceptors (Lipinski definition) is 4. The molecule has 0 saturated carbocycles. The van der Waals surface area contributed by atoms with Crippen molar-refractivity contribution < 1.29 is 13.2 Å². The van der Waals surface area contributed by atoms with E-state index in [0.29, 0.717) is 17.3 Å². The third-order valence-corrected chi connectivity index (χ3v) is 3.83. The summed E-state index contributed by atoms with van der Waals surface area (Å²) in [5.74, 6) is 0.412. The second-order valence-electron chi connectivity index (χ2n) is 5.10. The zero-order chi connectivity index (χ0) is 15.6. The SMILES string of the molecule is CCN(CC(F)(F)F)c1nc2sccn2c1CNC(C)C. The smallest absolute Gasteiger partial charge is 0.346 e. The van der Waals surface area contributed by atoms with Crippen LogP contribution < -0.4 is 10.2 Å². The molecule has 2 heterocycles. The van der Waals surface area contributed by atoms with E-state index >= 15 is 0 Å². The minimum atomic E-state index is -4.24. The number of alkyl halides is 3. The van der Waals surface area contributed by atoms with Crippen molar-refractivity contribution in [3.05, 3.63) is 17.3 Å². The fourth-order valence-corrected chi connectivity index (χ4v) is 2.82. The summed E-state index contributed by atoms with van der Waals surface area (Å²) in [6, 6.07) is 0.250. The lowest BCUT2D eigenvalue weighted by Gasteiger charge is -2.23. The van der Waals surface area contributed by atoms with E-state index in [9.17, 15) is 13.2 Å². The Morgan fingerprint density at radius 1 is 1.43 bits per heavy atom. The first-order chi connectivity index (χ1) is 9.81. The fourth-order valence-electron chi connectivity index (χ4n) is 2.09. The molecule has 0 fully saturated rings. The van der Waals surface area contributed by atoms with Crippen molar-refractivity contribution in [2.45, 2.75) is 39.5 Å². The average Bonchev–Trinajstić information content (AvgIpc) is 2.92. The third-order valence-electron chi connectivity index (χ3n) is 3.07. The maximum Gasteiger partial charge on any atom is 0.405 e. The van der Waals surface area contributed by atoms with Gasteiger partial charge in [0.05, 0.1) is 5.69 Å². The molecule has 2 aromatic rings. The van der Waals surface area contributed by atoms with Gasteiger partial charge in [-0.3, -0.25) is 4.40 Å². The number of nitrogens with zero attached hydrogens (tertiary/aromatic N) is 3. The predicted octanol–water partition coefficient (Wildman–Crippen LogP) is 3.28. The van der Waals surface area contributed by atoms with Gasteiger partial charge in [-0.1, -0.05) is 13.8 Å². The van der Waals surface area contributed by atoms with Gasteiger partial charge in [0.25, 0.3) is 0 Å². The van der Waals surface area contributed by atoms with Crippen LogP contribution >= 0.6 is 11.3 Å². The van der Waals surface area contributed by atoms with Crippen LogP contribution in [0.1, 0.15) is 26.5 Å². The highest BCUT2D eigenvalue weighted by molar-refractivity contribution is 7.15. The molecule has 21 heavy (non-hydrogen) atoms. The molecule has 0 aliphatic rings. The molecule has 0 aliphatic heterocycles. The van der Waals surface area contributed by atoms with Crippen LogP contribution in [0.2, 0.25) is 0 Å². The van der Waals surface area contributed by atoms with Gasteiger partial charge in [0, 0.05) is 30.7 Å². The molecular weight excluding hydrogens is 301 g/mol. The topological polar surface area (TPSA) is 32.6 Å². The van der Waals surface area contributed by atoms with E-state index in [2.05, 4.69) is 10.3 Å². The molecule has 118 valence electrons. The number of thiazole rings is 1. The summed E-state index contributed by atoms with van der Waals surface area (Å²) in [4.78, 5) is 6.36. The summed E-state index contributed by atoms with van der Waals surface area (Å²) >= 11 is 1.42. The molecule has 2 rings (SSSR count). The summed E-state index contributed by atoms with van der Waals surface area (Å²) in [7, 11) is 0. The van der Waals surface area contributed by atoms with Crippen LogP contribution in [0.3, 0.4) is 0 Å². The van der Waals surface area contributed by atoms with Gasteiger partial charge in [-0.25, -0.2) is 4.98 Å². The highest BCUT2D eigenvalue weighted by atomic mass is 32.1. The van der Waals surface area contributed by atoms with Crippen molar-refractivity contribution >= 4 is 22.1 Å². The number of aromatic nitrogens is 2. The maximum atomic E-state index is 12.7. The van der Waals surface area contributed by atoms with Gasteiger partial charge >= 0.3 is 6.18 Å². The third kappa shape index (κ3) is 3.88. The van der Waals surface area contributed by atoms with Crippen molar-refractivity contribution in [3.8, 4) is 0 Å². The minimum absolute atomic E-state index is 0.250. The molecule has 0 unspecified atom stereocenters. The van der Waals surface area contributed by atoms with Crippen LogP contribution in [0.4, 0.5) is 19.0 Å². The number of fused-ring (bicyclic) bond motifs is 1. The average molecular weight is 320 g/mol. The molecule has 0 bridgehead atoms. The van der Waals surface area contributed by atoms with E-state index in [1.165, 1.54) is 16.2 Å². The molecule has 0 saturated heterocycles. The molecule has 4 nitrogen and oxygen atoms in total. The predicted molar refractivity (Wildman–Crippen MR) is 79.0 cm³/mol. The summed E-state index contributed by atoms with van der Waals surface area (Å²) in [5, 5.41) is 5.13. The van der Waals surface area contributed by atoms with E-state index in [1.54, 1.807) is 6.92 Å². The largest absolute Gasteiger partial charge is 0.405 e. The lowest BCUT2D eigenvalue weighted by Crippen LogP contribution is -2.35. The normalized spacial score (nSPS) is 12.5. The second-order valence-corrected chi connectivity index (χ2v) is 5.98. The first-order valence-corrected chi connectivity index (χ1v) is 7.69. The summed E-state index contributed by atoms with van der Waals surface area (Å²) < 4.78 is 40.0. The van der Waals surface area contributed by atoms with Crippen LogP contribution in [0.25, 0.3) is 4.96 Å². The van der Waals surface area contributed by atoms with E-state index in [0.717, 1.165) is 5.69 Å². The zero-order valence-electron chi connectivity index (χ0n) is 12.2. The Labute approximate surface area is 125 Å². The number of anilines is 1. The van der Waals surface area contributed by atoms with Crippen molar-refractivity contribution in [3.63, 3.8) is 0 Å². The molecule has 0 amide bonds. The van der Waals surface area contributed by atoms with Gasteiger partial charge in [-0.05, 0) is 6.92 Å². The molecule has 0 spiro atoms. The fraction of sp³-hybridized carbons (Fsp3) is 0.615.